The summed E-state index contributed by atoms with van der Waals surface area (Å²) >= 11 is 6.90. The molecule has 0 aliphatic heterocycles. The molecule has 22 heavy (non-hydrogen) atoms. The number of hydrogen-bond acceptors (Lipinski definition) is 3. The van der Waals surface area contributed by atoms with Crippen molar-refractivity contribution < 1.29 is 4.42 Å². The van der Waals surface area contributed by atoms with Gasteiger partial charge in [-0.2, -0.15) is 0 Å². The van der Waals surface area contributed by atoms with E-state index in [1.165, 1.54) is 5.56 Å². The van der Waals surface area contributed by atoms with Gasteiger partial charge >= 0.3 is 0 Å². The molecule has 2 aromatic carbocycles. The van der Waals surface area contributed by atoms with Gasteiger partial charge in [0, 0.05) is 10.0 Å². The van der Waals surface area contributed by atoms with Gasteiger partial charge in [0.05, 0.1) is 10.2 Å². The number of aromatic nitrogens is 1. The number of nitrogens with two attached hydrogens (primary N) is 1. The van der Waals surface area contributed by atoms with E-state index in [9.17, 15) is 0 Å². The fourth-order valence-corrected chi connectivity index (χ4v) is 3.50. The third-order valence-corrected chi connectivity index (χ3v) is 5.41. The molecule has 0 saturated carbocycles. The molecular weight excluding hydrogens is 408 g/mol. The lowest BCUT2D eigenvalue weighted by molar-refractivity contribution is 0.619. The number of fused-ring (bicyclic) bond motifs is 1. The van der Waals surface area contributed by atoms with Crippen molar-refractivity contribution >= 4 is 48.6 Å². The zero-order chi connectivity index (χ0) is 15.9. The van der Waals surface area contributed by atoms with Crippen LogP contribution in [-0.4, -0.2) is 4.98 Å². The summed E-state index contributed by atoms with van der Waals surface area (Å²) in [5.74, 6) is 1.16. The lowest BCUT2D eigenvalue weighted by Crippen LogP contribution is -1.90. The fourth-order valence-electron chi connectivity index (χ4n) is 2.33. The van der Waals surface area contributed by atoms with Crippen molar-refractivity contribution in [1.29, 1.82) is 0 Å². The molecule has 114 valence electrons. The summed E-state index contributed by atoms with van der Waals surface area (Å²) in [6.07, 6.45) is 1.13. The highest BCUT2D eigenvalue weighted by Crippen LogP contribution is 2.37. The molecule has 3 nitrogen and oxygen atoms in total. The summed E-state index contributed by atoms with van der Waals surface area (Å²) < 4.78 is 7.42. The number of nitrogens with zero attached hydrogens (tertiary/aromatic N) is 1. The summed E-state index contributed by atoms with van der Waals surface area (Å²) in [5, 5.41) is 0. The number of halogens is 2. The smallest absolute Gasteiger partial charge is 0.227 e. The van der Waals surface area contributed by atoms with Crippen LogP contribution in [0, 0.1) is 0 Å². The summed E-state index contributed by atoms with van der Waals surface area (Å²) in [6, 6.07) is 10.2. The number of nitrogen functional groups attached to an aromatic ring is 1. The summed E-state index contributed by atoms with van der Waals surface area (Å²) in [7, 11) is 0. The fraction of sp³-hybridized carbons (Fsp3) is 0.235. The monoisotopic (exact) mass is 422 g/mol. The zero-order valence-corrected chi connectivity index (χ0v) is 15.5. The van der Waals surface area contributed by atoms with E-state index in [1.807, 2.05) is 6.07 Å². The van der Waals surface area contributed by atoms with E-state index < -0.39 is 0 Å². The number of benzene rings is 2. The van der Waals surface area contributed by atoms with Crippen LogP contribution >= 0.6 is 31.9 Å². The molecule has 1 aromatic heterocycles. The van der Waals surface area contributed by atoms with Crippen molar-refractivity contribution in [2.24, 2.45) is 0 Å². The molecule has 2 N–H and O–H groups in total. The summed E-state index contributed by atoms with van der Waals surface area (Å²) in [4.78, 5) is 4.56. The van der Waals surface area contributed by atoms with Crippen LogP contribution in [-0.2, 0) is 0 Å². The third kappa shape index (κ3) is 2.68. The second-order valence-electron chi connectivity index (χ2n) is 5.38. The second kappa shape index (κ2) is 6.05. The Bertz CT molecular complexity index is 825. The van der Waals surface area contributed by atoms with E-state index in [0.29, 0.717) is 23.1 Å². The van der Waals surface area contributed by atoms with Crippen molar-refractivity contribution in [3.05, 3.63) is 44.8 Å². The molecule has 1 atom stereocenters. The molecule has 0 aliphatic rings. The van der Waals surface area contributed by atoms with Crippen LogP contribution < -0.4 is 5.73 Å². The Balaban J connectivity index is 2.05. The van der Waals surface area contributed by atoms with E-state index in [1.54, 1.807) is 0 Å². The van der Waals surface area contributed by atoms with Gasteiger partial charge in [-0.1, -0.05) is 26.0 Å². The van der Waals surface area contributed by atoms with Crippen molar-refractivity contribution in [2.75, 3.05) is 5.73 Å². The Morgan fingerprint density at radius 1 is 1.23 bits per heavy atom. The topological polar surface area (TPSA) is 52.0 Å². The maximum Gasteiger partial charge on any atom is 0.227 e. The van der Waals surface area contributed by atoms with Crippen molar-refractivity contribution in [1.82, 2.24) is 4.98 Å². The molecule has 3 rings (SSSR count). The van der Waals surface area contributed by atoms with Crippen molar-refractivity contribution in [3.63, 3.8) is 0 Å². The minimum Gasteiger partial charge on any atom is -0.436 e. The average Bonchev–Trinajstić information content (AvgIpc) is 2.96. The first-order valence-corrected chi connectivity index (χ1v) is 8.74. The predicted octanol–water partition coefficient (Wildman–Crippen LogP) is 6.12. The van der Waals surface area contributed by atoms with Crippen LogP contribution in [0.5, 0.6) is 0 Å². The molecule has 0 saturated heterocycles. The molecule has 0 spiro atoms. The maximum absolute atomic E-state index is 5.99. The Morgan fingerprint density at radius 3 is 2.55 bits per heavy atom. The van der Waals surface area contributed by atoms with Crippen LogP contribution in [0.4, 0.5) is 5.69 Å². The summed E-state index contributed by atoms with van der Waals surface area (Å²) in [5.41, 5.74) is 10.3. The van der Waals surface area contributed by atoms with Gasteiger partial charge in [-0.05, 0) is 68.0 Å². The predicted molar refractivity (Wildman–Crippen MR) is 98.0 cm³/mol. The van der Waals surface area contributed by atoms with Gasteiger partial charge < -0.3 is 10.2 Å². The Morgan fingerprint density at radius 2 is 1.91 bits per heavy atom. The minimum atomic E-state index is 0.558. The average molecular weight is 424 g/mol. The van der Waals surface area contributed by atoms with E-state index in [2.05, 4.69) is 75.0 Å². The Kier molecular flexibility index (Phi) is 4.28. The summed E-state index contributed by atoms with van der Waals surface area (Å²) in [6.45, 7) is 4.42. The van der Waals surface area contributed by atoms with Crippen LogP contribution in [0.2, 0.25) is 0 Å². The number of oxazole rings is 1. The van der Waals surface area contributed by atoms with Gasteiger partial charge in [-0.25, -0.2) is 4.98 Å². The first-order valence-electron chi connectivity index (χ1n) is 7.15. The standard InChI is InChI=1S/C17H16Br2N2O/c1-3-9(2)10-4-6-11(7-5-10)17-21-16-13(22-17)8-12(18)15(20)14(16)19/h4-9H,3,20H2,1-2H3. The molecule has 0 aliphatic carbocycles. The normalized spacial score (nSPS) is 12.7. The molecule has 3 aromatic rings. The van der Waals surface area contributed by atoms with Crippen LogP contribution in [0.1, 0.15) is 31.7 Å². The molecule has 1 heterocycles. The van der Waals surface area contributed by atoms with Crippen molar-refractivity contribution in [2.45, 2.75) is 26.2 Å². The van der Waals surface area contributed by atoms with Crippen molar-refractivity contribution in [3.8, 4) is 11.5 Å². The zero-order valence-electron chi connectivity index (χ0n) is 12.4. The second-order valence-corrected chi connectivity index (χ2v) is 7.03. The Hall–Kier alpha value is -1.33. The van der Waals surface area contributed by atoms with Gasteiger partial charge in [0.1, 0.15) is 5.52 Å². The first-order chi connectivity index (χ1) is 10.5. The van der Waals surface area contributed by atoms with Gasteiger partial charge in [0.15, 0.2) is 5.58 Å². The van der Waals surface area contributed by atoms with Gasteiger partial charge in [0.2, 0.25) is 5.89 Å². The number of hydrogen-bond donors (Lipinski definition) is 1. The lowest BCUT2D eigenvalue weighted by atomic mass is 9.98. The first kappa shape index (κ1) is 15.6. The van der Waals surface area contributed by atoms with Crippen LogP contribution in [0.15, 0.2) is 43.7 Å². The Labute approximate surface area is 146 Å². The van der Waals surface area contributed by atoms with E-state index in [0.717, 1.165) is 26.4 Å². The van der Waals surface area contributed by atoms with E-state index in [-0.39, 0.29) is 0 Å². The van der Waals surface area contributed by atoms with Crippen LogP contribution in [0.25, 0.3) is 22.6 Å². The molecule has 0 radical (unpaired) electrons. The number of rotatable bonds is 3. The number of anilines is 1. The molecule has 1 unspecified atom stereocenters. The van der Waals surface area contributed by atoms with Gasteiger partial charge in [-0.15, -0.1) is 0 Å². The van der Waals surface area contributed by atoms with E-state index in [4.69, 9.17) is 10.2 Å². The van der Waals surface area contributed by atoms with Crippen LogP contribution in [0.3, 0.4) is 0 Å². The molecule has 0 fully saturated rings. The highest BCUT2D eigenvalue weighted by atomic mass is 79.9. The quantitative estimate of drug-likeness (QED) is 0.516. The third-order valence-electron chi connectivity index (χ3n) is 3.95. The highest BCUT2D eigenvalue weighted by molar-refractivity contribution is 9.11. The van der Waals surface area contributed by atoms with E-state index >= 15 is 0 Å². The highest BCUT2D eigenvalue weighted by Gasteiger charge is 2.15. The van der Waals surface area contributed by atoms with Gasteiger partial charge in [-0.3, -0.25) is 0 Å². The largest absolute Gasteiger partial charge is 0.436 e. The molecular formula is C17H16Br2N2O. The molecule has 5 heteroatoms. The molecule has 0 amide bonds. The SMILES string of the molecule is CCC(C)c1ccc(-c2nc3c(Br)c(N)c(Br)cc3o2)cc1. The minimum absolute atomic E-state index is 0.558. The molecule has 0 bridgehead atoms. The maximum atomic E-state index is 5.99. The van der Waals surface area contributed by atoms with Gasteiger partial charge in [0.25, 0.3) is 0 Å². The lowest BCUT2D eigenvalue weighted by Gasteiger charge is -2.08.